The molecule has 6 heteroatoms. The Bertz CT molecular complexity index is 3850. The van der Waals surface area contributed by atoms with Gasteiger partial charge in [0.25, 0.3) is 0 Å². The van der Waals surface area contributed by atoms with Crippen LogP contribution in [-0.4, -0.2) is 24.1 Å². The first kappa shape index (κ1) is 35.2. The first-order valence-electron chi connectivity index (χ1n) is 21.2. The molecule has 0 fully saturated rings. The van der Waals surface area contributed by atoms with E-state index in [1.165, 1.54) is 10.8 Å². The molecule has 0 spiro atoms. The number of nitrogens with zero attached hydrogens (tertiary/aromatic N) is 5. The number of fused-ring (bicyclic) bond motifs is 10. The molecule has 0 amide bonds. The topological polar surface area (TPSA) is 61.7 Å². The van der Waals surface area contributed by atoms with Crippen LogP contribution in [0.1, 0.15) is 0 Å². The molecule has 4 aromatic heterocycles. The fourth-order valence-corrected chi connectivity index (χ4v) is 9.53. The monoisotopic (exact) mass is 805 g/mol. The molecule has 0 aliphatic heterocycles. The molecule has 63 heavy (non-hydrogen) atoms. The van der Waals surface area contributed by atoms with Gasteiger partial charge in [-0.1, -0.05) is 158 Å². The molecule has 0 unspecified atom stereocenters. The van der Waals surface area contributed by atoms with Gasteiger partial charge in [-0.2, -0.15) is 0 Å². The molecule has 6 nitrogen and oxygen atoms in total. The second-order valence-electron chi connectivity index (χ2n) is 16.0. The van der Waals surface area contributed by atoms with Gasteiger partial charge in [-0.3, -0.25) is 0 Å². The number of rotatable bonds is 6. The second kappa shape index (κ2) is 14.0. The van der Waals surface area contributed by atoms with Gasteiger partial charge < -0.3 is 13.6 Å². The van der Waals surface area contributed by atoms with Crippen molar-refractivity contribution in [3.63, 3.8) is 0 Å². The van der Waals surface area contributed by atoms with Gasteiger partial charge in [0.05, 0.1) is 22.1 Å². The van der Waals surface area contributed by atoms with Crippen LogP contribution in [0.2, 0.25) is 0 Å². The van der Waals surface area contributed by atoms with Gasteiger partial charge in [0.15, 0.2) is 23.1 Å². The Morgan fingerprint density at radius 1 is 0.317 bits per heavy atom. The van der Waals surface area contributed by atoms with Gasteiger partial charge in [0.1, 0.15) is 5.58 Å². The zero-order valence-electron chi connectivity index (χ0n) is 33.9. The molecule has 4 heterocycles. The fourth-order valence-electron chi connectivity index (χ4n) is 9.53. The maximum atomic E-state index is 6.75. The number of para-hydroxylation sites is 4. The van der Waals surface area contributed by atoms with Crippen molar-refractivity contribution in [3.8, 4) is 56.7 Å². The second-order valence-corrected chi connectivity index (χ2v) is 16.0. The van der Waals surface area contributed by atoms with Gasteiger partial charge in [-0.05, 0) is 65.7 Å². The Balaban J connectivity index is 1.12. The van der Waals surface area contributed by atoms with Gasteiger partial charge in [-0.25, -0.2) is 15.0 Å². The minimum absolute atomic E-state index is 0.581. The normalized spacial score (nSPS) is 11.8. The van der Waals surface area contributed by atoms with E-state index in [0.29, 0.717) is 17.5 Å². The molecule has 13 aromatic rings. The lowest BCUT2D eigenvalue weighted by molar-refractivity contribution is 0.671. The van der Waals surface area contributed by atoms with Gasteiger partial charge >= 0.3 is 0 Å². The molecule has 0 saturated heterocycles. The van der Waals surface area contributed by atoms with Crippen LogP contribution < -0.4 is 0 Å². The fraction of sp³-hybridized carbons (Fsp3) is 0. The van der Waals surface area contributed by atoms with Crippen molar-refractivity contribution >= 4 is 65.6 Å². The zero-order valence-corrected chi connectivity index (χ0v) is 33.9. The summed E-state index contributed by atoms with van der Waals surface area (Å²) in [6.45, 7) is 0. The summed E-state index contributed by atoms with van der Waals surface area (Å²) in [7, 11) is 0. The van der Waals surface area contributed by atoms with Gasteiger partial charge in [-0.15, -0.1) is 0 Å². The highest BCUT2D eigenvalue weighted by atomic mass is 16.3. The third kappa shape index (κ3) is 5.55. The van der Waals surface area contributed by atoms with Crippen molar-refractivity contribution in [2.24, 2.45) is 0 Å². The standard InChI is InChI=1S/C57H35N5O/c1-4-16-36(17-5-1)55-58-56(37-18-6-2-7-19-37)60-57(59-55)48-35-40(62-50-26-14-11-23-43(50)46-32-33-47-45-24-12-15-27-52(45)63-54(47)53(46)62)29-31-41(48)38-28-30-44-42-22-10-13-25-49(42)61(51(44)34-38)39-20-8-3-9-21-39/h1-35H. The molecule has 0 radical (unpaired) electrons. The van der Waals surface area contributed by atoms with Crippen LogP contribution in [0.25, 0.3) is 122 Å². The van der Waals surface area contributed by atoms with E-state index in [1.807, 2.05) is 48.5 Å². The Kier molecular flexibility index (Phi) is 7.80. The van der Waals surface area contributed by atoms with E-state index < -0.39 is 0 Å². The number of benzene rings is 9. The summed E-state index contributed by atoms with van der Waals surface area (Å²) in [6, 6.07) is 74.4. The maximum Gasteiger partial charge on any atom is 0.164 e. The zero-order chi connectivity index (χ0) is 41.4. The average molecular weight is 806 g/mol. The predicted octanol–water partition coefficient (Wildman–Crippen LogP) is 14.6. The van der Waals surface area contributed by atoms with Crippen molar-refractivity contribution in [2.45, 2.75) is 0 Å². The van der Waals surface area contributed by atoms with E-state index in [-0.39, 0.29) is 0 Å². The molecule has 0 aliphatic carbocycles. The van der Waals surface area contributed by atoms with Gasteiger partial charge in [0, 0.05) is 60.4 Å². The highest BCUT2D eigenvalue weighted by Gasteiger charge is 2.23. The van der Waals surface area contributed by atoms with E-state index in [0.717, 1.165) is 94.0 Å². The molecule has 0 atom stereocenters. The first-order chi connectivity index (χ1) is 31.2. The summed E-state index contributed by atoms with van der Waals surface area (Å²) in [5.74, 6) is 1.80. The van der Waals surface area contributed by atoms with Crippen molar-refractivity contribution in [2.75, 3.05) is 0 Å². The van der Waals surface area contributed by atoms with Crippen molar-refractivity contribution in [1.82, 2.24) is 24.1 Å². The third-order valence-electron chi connectivity index (χ3n) is 12.4. The first-order valence-corrected chi connectivity index (χ1v) is 21.2. The predicted molar refractivity (Wildman–Crippen MR) is 258 cm³/mol. The molecular weight excluding hydrogens is 771 g/mol. The molecule has 0 saturated carbocycles. The summed E-state index contributed by atoms with van der Waals surface area (Å²) in [4.78, 5) is 15.7. The quantitative estimate of drug-likeness (QED) is 0.168. The molecule has 13 rings (SSSR count). The lowest BCUT2D eigenvalue weighted by Gasteiger charge is -2.16. The SMILES string of the molecule is c1ccc(-c2nc(-c3ccccc3)nc(-c3cc(-n4c5ccccc5c5ccc6c7ccccc7oc6c54)ccc3-c3ccc4c5ccccc5n(-c5ccccc5)c4c3)n2)cc1. The van der Waals surface area contributed by atoms with Gasteiger partial charge in [0.2, 0.25) is 0 Å². The maximum absolute atomic E-state index is 6.75. The molecular formula is C57H35N5O. The third-order valence-corrected chi connectivity index (χ3v) is 12.4. The highest BCUT2D eigenvalue weighted by Crippen LogP contribution is 2.43. The Hall–Kier alpha value is -8.61. The van der Waals surface area contributed by atoms with Crippen LogP contribution >= 0.6 is 0 Å². The van der Waals surface area contributed by atoms with Crippen molar-refractivity contribution in [1.29, 1.82) is 0 Å². The van der Waals surface area contributed by atoms with Crippen LogP contribution in [-0.2, 0) is 0 Å². The Morgan fingerprint density at radius 2 is 0.857 bits per heavy atom. The minimum atomic E-state index is 0.581. The van der Waals surface area contributed by atoms with E-state index >= 15 is 0 Å². The summed E-state index contributed by atoms with van der Waals surface area (Å²) in [6.07, 6.45) is 0. The summed E-state index contributed by atoms with van der Waals surface area (Å²) in [5, 5.41) is 6.85. The van der Waals surface area contributed by atoms with Crippen LogP contribution in [0.4, 0.5) is 0 Å². The lowest BCUT2D eigenvalue weighted by Crippen LogP contribution is -2.02. The van der Waals surface area contributed by atoms with E-state index in [9.17, 15) is 0 Å². The van der Waals surface area contributed by atoms with Crippen LogP contribution in [0.3, 0.4) is 0 Å². The van der Waals surface area contributed by atoms with Crippen molar-refractivity contribution < 1.29 is 4.42 Å². The molecule has 9 aromatic carbocycles. The Morgan fingerprint density at radius 3 is 1.57 bits per heavy atom. The molecule has 294 valence electrons. The lowest BCUT2D eigenvalue weighted by atomic mass is 9.96. The van der Waals surface area contributed by atoms with E-state index in [4.69, 9.17) is 19.4 Å². The molecule has 0 aliphatic rings. The number of hydrogen-bond acceptors (Lipinski definition) is 4. The number of aromatic nitrogens is 5. The number of furan rings is 1. The summed E-state index contributed by atoms with van der Waals surface area (Å²) in [5.41, 5.74) is 12.9. The van der Waals surface area contributed by atoms with Crippen molar-refractivity contribution in [3.05, 3.63) is 212 Å². The summed E-state index contributed by atoms with van der Waals surface area (Å²) >= 11 is 0. The number of hydrogen-bond donors (Lipinski definition) is 0. The van der Waals surface area contributed by atoms with E-state index in [2.05, 4.69) is 173 Å². The van der Waals surface area contributed by atoms with E-state index in [1.54, 1.807) is 0 Å². The molecule has 0 N–H and O–H groups in total. The van der Waals surface area contributed by atoms with Crippen LogP contribution in [0, 0.1) is 0 Å². The smallest absolute Gasteiger partial charge is 0.164 e. The van der Waals surface area contributed by atoms with Crippen LogP contribution in [0.5, 0.6) is 0 Å². The van der Waals surface area contributed by atoms with Crippen LogP contribution in [0.15, 0.2) is 217 Å². The molecule has 0 bridgehead atoms. The largest absolute Gasteiger partial charge is 0.454 e. The average Bonchev–Trinajstić information content (AvgIpc) is 4.02. The Labute approximate surface area is 361 Å². The highest BCUT2D eigenvalue weighted by molar-refractivity contribution is 6.21. The summed E-state index contributed by atoms with van der Waals surface area (Å²) < 4.78 is 11.5. The minimum Gasteiger partial charge on any atom is -0.454 e.